The number of hydrogen-bond donors (Lipinski definition) is 0. The predicted octanol–water partition coefficient (Wildman–Crippen LogP) is 3.39. The van der Waals surface area contributed by atoms with E-state index < -0.39 is 8.07 Å². The van der Waals surface area contributed by atoms with Gasteiger partial charge in [-0.15, -0.1) is 12.1 Å². The Balaban J connectivity index is 2.89. The van der Waals surface area contributed by atoms with E-state index in [-0.39, 0.29) is 0 Å². The van der Waals surface area contributed by atoms with Crippen LogP contribution < -0.4 is 4.90 Å². The van der Waals surface area contributed by atoms with Gasteiger partial charge in [-0.05, 0) is 24.3 Å². The number of benzene rings is 1. The maximum absolute atomic E-state index is 9.00. The Kier molecular flexibility index (Phi) is 4.77. The minimum Gasteiger partial charge on any atom is -0.276 e. The first kappa shape index (κ1) is 14.1. The zero-order valence-corrected chi connectivity index (χ0v) is 12.2. The Labute approximate surface area is 111 Å². The third-order valence-electron chi connectivity index (χ3n) is 2.19. The Morgan fingerprint density at radius 3 is 2.33 bits per heavy atom. The topological polar surface area (TPSA) is 27.0 Å². The molecule has 0 aliphatic rings. The lowest BCUT2D eigenvalue weighted by Gasteiger charge is -2.12. The van der Waals surface area contributed by atoms with Crippen molar-refractivity contribution in [3.63, 3.8) is 0 Å². The first-order valence-corrected chi connectivity index (χ1v) is 9.37. The fraction of sp³-hybridized carbons (Fsp3) is 0.267. The zero-order chi connectivity index (χ0) is 13.6. The van der Waals surface area contributed by atoms with Crippen molar-refractivity contribution in [2.45, 2.75) is 19.6 Å². The molecule has 0 aliphatic carbocycles. The molecule has 0 unspecified atom stereocenters. The molecule has 1 aromatic rings. The normalized spacial score (nSPS) is 9.89. The molecule has 1 aromatic carbocycles. The largest absolute Gasteiger partial charge is 0.276 e. The average molecular weight is 254 g/mol. The summed E-state index contributed by atoms with van der Waals surface area (Å²) in [5, 5.41) is 9.00. The van der Waals surface area contributed by atoms with Gasteiger partial charge in [0.05, 0.1) is 12.2 Å². The van der Waals surface area contributed by atoms with Crippen molar-refractivity contribution >= 4 is 13.8 Å². The number of nitrogens with zero attached hydrogens (tertiary/aromatic N) is 2. The molecule has 92 valence electrons. The van der Waals surface area contributed by atoms with Crippen LogP contribution in [0.5, 0.6) is 0 Å². The van der Waals surface area contributed by atoms with Crippen molar-refractivity contribution in [2.24, 2.45) is 0 Å². The number of nitriles is 1. The van der Waals surface area contributed by atoms with Crippen LogP contribution in [0.1, 0.15) is 5.56 Å². The van der Waals surface area contributed by atoms with E-state index in [1.807, 2.05) is 24.3 Å². The third-order valence-corrected chi connectivity index (χ3v) is 3.07. The summed E-state index contributed by atoms with van der Waals surface area (Å²) in [6, 6.07) is 7.74. The van der Waals surface area contributed by atoms with Crippen LogP contribution in [0.2, 0.25) is 19.6 Å². The molecule has 0 atom stereocenters. The summed E-state index contributed by atoms with van der Waals surface area (Å²) in [4.78, 5) is 1.59. The molecule has 0 radical (unpaired) electrons. The van der Waals surface area contributed by atoms with Gasteiger partial charge in [-0.1, -0.05) is 31.6 Å². The summed E-state index contributed by atoms with van der Waals surface area (Å²) >= 11 is 0. The lowest BCUT2D eigenvalue weighted by molar-refractivity contribution is 1.10. The molecule has 0 saturated heterocycles. The van der Waals surface area contributed by atoms with E-state index in [1.54, 1.807) is 11.0 Å². The van der Waals surface area contributed by atoms with Crippen molar-refractivity contribution < 1.29 is 0 Å². The fourth-order valence-corrected chi connectivity index (χ4v) is 1.84. The lowest BCUT2D eigenvalue weighted by Crippen LogP contribution is -2.16. The van der Waals surface area contributed by atoms with Crippen molar-refractivity contribution in [3.8, 4) is 17.7 Å². The highest BCUT2D eigenvalue weighted by atomic mass is 28.3. The third kappa shape index (κ3) is 4.49. The molecule has 18 heavy (non-hydrogen) atoms. The second kappa shape index (κ2) is 6.09. The van der Waals surface area contributed by atoms with Gasteiger partial charge in [-0.2, -0.15) is 5.26 Å². The molecule has 3 heteroatoms. The van der Waals surface area contributed by atoms with Crippen LogP contribution in [0.3, 0.4) is 0 Å². The lowest BCUT2D eigenvalue weighted by atomic mass is 10.2. The van der Waals surface area contributed by atoms with E-state index in [9.17, 15) is 0 Å². The number of hydrogen-bond acceptors (Lipinski definition) is 2. The van der Waals surface area contributed by atoms with Gasteiger partial charge < -0.3 is 0 Å². The van der Waals surface area contributed by atoms with Gasteiger partial charge in [-0.3, -0.25) is 4.90 Å². The second-order valence-electron chi connectivity index (χ2n) is 5.05. The monoisotopic (exact) mass is 254 g/mol. The fourth-order valence-electron chi connectivity index (χ4n) is 1.32. The van der Waals surface area contributed by atoms with Crippen molar-refractivity contribution in [1.82, 2.24) is 0 Å². The van der Waals surface area contributed by atoms with Gasteiger partial charge in [0.1, 0.15) is 8.07 Å². The standard InChI is InChI=1S/C15H18N2Si/c1-5-11-17(13-16)15-8-6-14(7-9-15)10-12-18(2,3)4/h5-9H,1,11H2,2-4H3. The molecule has 0 N–H and O–H groups in total. The predicted molar refractivity (Wildman–Crippen MR) is 79.8 cm³/mol. The Hall–Kier alpha value is -1.97. The quantitative estimate of drug-likeness (QED) is 0.272. The molecule has 0 spiro atoms. The SMILES string of the molecule is C=CCN(C#N)c1ccc(C#C[Si](C)(C)C)cc1. The summed E-state index contributed by atoms with van der Waals surface area (Å²) in [5.74, 6) is 3.19. The summed E-state index contributed by atoms with van der Waals surface area (Å²) < 4.78 is 0. The van der Waals surface area contributed by atoms with Gasteiger partial charge in [0.2, 0.25) is 0 Å². The highest BCUT2D eigenvalue weighted by Gasteiger charge is 2.07. The molecular formula is C15H18N2Si. The second-order valence-corrected chi connectivity index (χ2v) is 9.80. The number of anilines is 1. The summed E-state index contributed by atoms with van der Waals surface area (Å²) in [7, 11) is -1.33. The molecule has 0 aromatic heterocycles. The molecule has 0 heterocycles. The number of rotatable bonds is 3. The Bertz CT molecular complexity index is 507. The summed E-state index contributed by atoms with van der Waals surface area (Å²) in [6.45, 7) is 10.8. The molecule has 0 bridgehead atoms. The molecule has 0 fully saturated rings. The highest BCUT2D eigenvalue weighted by Crippen LogP contribution is 2.14. The Morgan fingerprint density at radius 1 is 1.28 bits per heavy atom. The summed E-state index contributed by atoms with van der Waals surface area (Å²) in [6.07, 6.45) is 3.84. The van der Waals surface area contributed by atoms with E-state index in [0.29, 0.717) is 6.54 Å². The molecule has 0 amide bonds. The maximum atomic E-state index is 9.00. The minimum atomic E-state index is -1.33. The summed E-state index contributed by atoms with van der Waals surface area (Å²) in [5.41, 5.74) is 5.19. The first-order valence-electron chi connectivity index (χ1n) is 5.87. The molecule has 0 saturated carbocycles. The molecule has 0 aliphatic heterocycles. The van der Waals surface area contributed by atoms with Crippen molar-refractivity contribution in [3.05, 3.63) is 42.5 Å². The van der Waals surface area contributed by atoms with Crippen LogP contribution in [0.25, 0.3) is 0 Å². The first-order chi connectivity index (χ1) is 8.46. The average Bonchev–Trinajstić information content (AvgIpc) is 2.33. The van der Waals surface area contributed by atoms with E-state index >= 15 is 0 Å². The van der Waals surface area contributed by atoms with Gasteiger partial charge >= 0.3 is 0 Å². The molecular weight excluding hydrogens is 236 g/mol. The van der Waals surface area contributed by atoms with Crippen molar-refractivity contribution in [2.75, 3.05) is 11.4 Å². The van der Waals surface area contributed by atoms with Crippen molar-refractivity contribution in [1.29, 1.82) is 5.26 Å². The van der Waals surface area contributed by atoms with E-state index in [4.69, 9.17) is 5.26 Å². The van der Waals surface area contributed by atoms with Crippen LogP contribution in [0.15, 0.2) is 36.9 Å². The smallest absolute Gasteiger partial charge is 0.184 e. The molecule has 1 rings (SSSR count). The van der Waals surface area contributed by atoms with E-state index in [1.165, 1.54) is 0 Å². The van der Waals surface area contributed by atoms with Crippen LogP contribution in [0.4, 0.5) is 5.69 Å². The van der Waals surface area contributed by atoms with Gasteiger partial charge in [0.25, 0.3) is 0 Å². The highest BCUT2D eigenvalue weighted by molar-refractivity contribution is 6.83. The zero-order valence-electron chi connectivity index (χ0n) is 11.2. The van der Waals surface area contributed by atoms with Gasteiger partial charge in [0.15, 0.2) is 6.19 Å². The minimum absolute atomic E-state index is 0.524. The van der Waals surface area contributed by atoms with Crippen LogP contribution in [0, 0.1) is 22.9 Å². The van der Waals surface area contributed by atoms with Crippen LogP contribution >= 0.6 is 0 Å². The van der Waals surface area contributed by atoms with Crippen LogP contribution in [-0.4, -0.2) is 14.6 Å². The molecule has 2 nitrogen and oxygen atoms in total. The van der Waals surface area contributed by atoms with E-state index in [2.05, 4.69) is 43.9 Å². The maximum Gasteiger partial charge on any atom is 0.184 e. The van der Waals surface area contributed by atoms with Gasteiger partial charge in [0, 0.05) is 5.56 Å². The van der Waals surface area contributed by atoms with Gasteiger partial charge in [-0.25, -0.2) is 0 Å². The Morgan fingerprint density at radius 2 is 1.89 bits per heavy atom. The van der Waals surface area contributed by atoms with Crippen LogP contribution in [-0.2, 0) is 0 Å². The van der Waals surface area contributed by atoms with E-state index in [0.717, 1.165) is 11.3 Å².